The van der Waals surface area contributed by atoms with Crippen LogP contribution in [0.1, 0.15) is 47.0 Å². The average Bonchev–Trinajstić information content (AvgIpc) is 2.46. The summed E-state index contributed by atoms with van der Waals surface area (Å²) in [6.45, 7) is 8.87. The third-order valence-electron chi connectivity index (χ3n) is 4.30. The van der Waals surface area contributed by atoms with E-state index < -0.39 is 8.07 Å². The second-order valence-electron chi connectivity index (χ2n) is 5.09. The molecule has 0 unspecified atom stereocenters. The van der Waals surface area contributed by atoms with Crippen molar-refractivity contribution in [3.05, 3.63) is 11.3 Å². The first-order chi connectivity index (χ1) is 9.02. The molecule has 0 aromatic heterocycles. The Kier molecular flexibility index (Phi) is 9.02. The number of allylic oxidation sites excluding steroid dienone is 1. The largest absolute Gasteiger partial charge is 0.274 e. The van der Waals surface area contributed by atoms with Gasteiger partial charge in [0.15, 0.2) is 0 Å². The molecular weight excluding hydrogens is 254 g/mol. The van der Waals surface area contributed by atoms with Gasteiger partial charge in [-0.2, -0.15) is 0 Å². The van der Waals surface area contributed by atoms with Gasteiger partial charge < -0.3 is 0 Å². The molecule has 0 saturated carbocycles. The van der Waals surface area contributed by atoms with E-state index in [1.165, 1.54) is 5.06 Å². The van der Waals surface area contributed by atoms with Crippen molar-refractivity contribution in [3.8, 4) is 0 Å². The molecule has 0 spiro atoms. The van der Waals surface area contributed by atoms with E-state index in [0.717, 1.165) is 42.6 Å². The zero-order valence-electron chi connectivity index (χ0n) is 13.6. The number of unbranched alkanes of at least 4 members (excludes halogenated alkanes) is 2. The standard InChI is InChI=1S/C15H31NO2Si/c1-7-11-12-13-14(15(17)16(5)18-6)19(8-2,9-3)10-4/h13H,7-12H2,1-6H3/b14-13+. The molecule has 0 atom stereocenters. The van der Waals surface area contributed by atoms with Crippen LogP contribution in [-0.4, -0.2) is 33.2 Å². The van der Waals surface area contributed by atoms with E-state index in [1.807, 2.05) is 0 Å². The molecule has 0 rings (SSSR count). The highest BCUT2D eigenvalue weighted by Gasteiger charge is 2.36. The minimum Gasteiger partial charge on any atom is -0.274 e. The summed E-state index contributed by atoms with van der Waals surface area (Å²) in [5.74, 6) is 0.0656. The van der Waals surface area contributed by atoms with Gasteiger partial charge in [-0.1, -0.05) is 64.7 Å². The van der Waals surface area contributed by atoms with Crippen molar-refractivity contribution in [3.63, 3.8) is 0 Å². The van der Waals surface area contributed by atoms with Crippen LogP contribution < -0.4 is 0 Å². The first kappa shape index (κ1) is 18.4. The van der Waals surface area contributed by atoms with Crippen molar-refractivity contribution in [2.24, 2.45) is 0 Å². The Hall–Kier alpha value is -0.613. The average molecular weight is 286 g/mol. The molecule has 1 amide bonds. The Balaban J connectivity index is 5.36. The Labute approximate surface area is 120 Å². The van der Waals surface area contributed by atoms with Crippen LogP contribution in [-0.2, 0) is 9.63 Å². The minimum absolute atomic E-state index is 0.0656. The minimum atomic E-state index is -1.65. The highest BCUT2D eigenvalue weighted by molar-refractivity contribution is 6.90. The van der Waals surface area contributed by atoms with Crippen LogP contribution in [0.5, 0.6) is 0 Å². The van der Waals surface area contributed by atoms with Gasteiger partial charge in [0.1, 0.15) is 0 Å². The molecule has 0 saturated heterocycles. The summed E-state index contributed by atoms with van der Waals surface area (Å²) in [5, 5.41) is 2.44. The summed E-state index contributed by atoms with van der Waals surface area (Å²) >= 11 is 0. The van der Waals surface area contributed by atoms with Gasteiger partial charge in [-0.25, -0.2) is 5.06 Å². The quantitative estimate of drug-likeness (QED) is 0.275. The van der Waals surface area contributed by atoms with E-state index in [1.54, 1.807) is 14.2 Å². The lowest BCUT2D eigenvalue weighted by atomic mass is 10.2. The fourth-order valence-corrected chi connectivity index (χ4v) is 6.39. The molecule has 19 heavy (non-hydrogen) atoms. The Morgan fingerprint density at radius 3 is 2.05 bits per heavy atom. The zero-order chi connectivity index (χ0) is 14.9. The number of hydrogen-bond acceptors (Lipinski definition) is 2. The number of hydrogen-bond donors (Lipinski definition) is 0. The summed E-state index contributed by atoms with van der Waals surface area (Å²) in [6, 6.07) is 3.38. The third kappa shape index (κ3) is 4.77. The number of nitrogens with zero attached hydrogens (tertiary/aromatic N) is 1. The molecule has 0 aliphatic carbocycles. The SMILES string of the molecule is CCCC/C=C(\C(=O)N(C)OC)[Si](CC)(CC)CC. The predicted molar refractivity (Wildman–Crippen MR) is 84.6 cm³/mol. The van der Waals surface area contributed by atoms with Crippen LogP contribution >= 0.6 is 0 Å². The molecule has 4 heteroatoms. The van der Waals surface area contributed by atoms with Gasteiger partial charge in [-0.3, -0.25) is 9.63 Å². The lowest BCUT2D eigenvalue weighted by molar-refractivity contribution is -0.163. The highest BCUT2D eigenvalue weighted by atomic mass is 28.3. The highest BCUT2D eigenvalue weighted by Crippen LogP contribution is 2.30. The van der Waals surface area contributed by atoms with Gasteiger partial charge >= 0.3 is 0 Å². The molecular formula is C15H31NO2Si. The number of carbonyl (C=O) groups is 1. The first-order valence-electron chi connectivity index (χ1n) is 7.55. The molecule has 0 bridgehead atoms. The van der Waals surface area contributed by atoms with E-state index in [0.29, 0.717) is 0 Å². The second-order valence-corrected chi connectivity index (χ2v) is 10.3. The molecule has 0 aromatic carbocycles. The molecule has 112 valence electrons. The molecule has 0 aromatic rings. The fraction of sp³-hybridized carbons (Fsp3) is 0.800. The van der Waals surface area contributed by atoms with Gasteiger partial charge in [0.25, 0.3) is 5.91 Å². The van der Waals surface area contributed by atoms with Gasteiger partial charge in [0.2, 0.25) is 0 Å². The van der Waals surface area contributed by atoms with Crippen molar-refractivity contribution in [1.82, 2.24) is 5.06 Å². The molecule has 0 N–H and O–H groups in total. The van der Waals surface area contributed by atoms with Crippen LogP contribution in [0.4, 0.5) is 0 Å². The molecule has 0 fully saturated rings. The van der Waals surface area contributed by atoms with E-state index in [4.69, 9.17) is 4.84 Å². The summed E-state index contributed by atoms with van der Waals surface area (Å²) < 4.78 is 0. The number of rotatable bonds is 9. The smallest absolute Gasteiger partial charge is 0.268 e. The molecule has 0 aliphatic rings. The van der Waals surface area contributed by atoms with Gasteiger partial charge in [0, 0.05) is 12.2 Å². The van der Waals surface area contributed by atoms with E-state index >= 15 is 0 Å². The molecule has 3 nitrogen and oxygen atoms in total. The van der Waals surface area contributed by atoms with Gasteiger partial charge in [0.05, 0.1) is 15.2 Å². The molecule has 0 radical (unpaired) electrons. The Bertz CT molecular complexity index is 290. The summed E-state index contributed by atoms with van der Waals surface area (Å²) in [4.78, 5) is 17.7. The maximum Gasteiger partial charge on any atom is 0.268 e. The topological polar surface area (TPSA) is 29.5 Å². The van der Waals surface area contributed by atoms with Crippen molar-refractivity contribution in [1.29, 1.82) is 0 Å². The second kappa shape index (κ2) is 9.32. The first-order valence-corrected chi connectivity index (χ1v) is 10.2. The van der Waals surface area contributed by atoms with Gasteiger partial charge in [-0.15, -0.1) is 0 Å². The third-order valence-corrected chi connectivity index (χ3v) is 9.92. The summed E-state index contributed by atoms with van der Waals surface area (Å²) in [6.07, 6.45) is 5.51. The van der Waals surface area contributed by atoms with Crippen molar-refractivity contribution < 1.29 is 9.63 Å². The fourth-order valence-electron chi connectivity index (χ4n) is 2.56. The van der Waals surface area contributed by atoms with Crippen molar-refractivity contribution in [2.75, 3.05) is 14.2 Å². The number of amides is 1. The van der Waals surface area contributed by atoms with Crippen LogP contribution in [0.15, 0.2) is 11.3 Å². The number of carbonyl (C=O) groups excluding carboxylic acids is 1. The van der Waals surface area contributed by atoms with Crippen molar-refractivity contribution >= 4 is 14.0 Å². The number of hydroxylamine groups is 2. The lowest BCUT2D eigenvalue weighted by Crippen LogP contribution is -2.43. The predicted octanol–water partition coefficient (Wildman–Crippen LogP) is 4.17. The molecule has 0 aliphatic heterocycles. The summed E-state index contributed by atoms with van der Waals surface area (Å²) in [5.41, 5.74) is 0. The summed E-state index contributed by atoms with van der Waals surface area (Å²) in [7, 11) is 1.61. The lowest BCUT2D eigenvalue weighted by Gasteiger charge is -2.32. The maximum absolute atomic E-state index is 12.6. The Morgan fingerprint density at radius 2 is 1.68 bits per heavy atom. The van der Waals surface area contributed by atoms with E-state index in [-0.39, 0.29) is 5.91 Å². The zero-order valence-corrected chi connectivity index (χ0v) is 14.6. The van der Waals surface area contributed by atoms with Crippen LogP contribution in [0.3, 0.4) is 0 Å². The van der Waals surface area contributed by atoms with E-state index in [9.17, 15) is 4.79 Å². The van der Waals surface area contributed by atoms with Crippen LogP contribution in [0.25, 0.3) is 0 Å². The van der Waals surface area contributed by atoms with Crippen LogP contribution in [0, 0.1) is 0 Å². The van der Waals surface area contributed by atoms with Crippen LogP contribution in [0.2, 0.25) is 18.1 Å². The molecule has 0 heterocycles. The maximum atomic E-state index is 12.6. The monoisotopic (exact) mass is 285 g/mol. The normalized spacial score (nSPS) is 12.6. The Morgan fingerprint density at radius 1 is 1.16 bits per heavy atom. The van der Waals surface area contributed by atoms with Crippen molar-refractivity contribution in [2.45, 2.75) is 65.1 Å². The van der Waals surface area contributed by atoms with Gasteiger partial charge in [-0.05, 0) is 6.42 Å². The van der Waals surface area contributed by atoms with E-state index in [2.05, 4.69) is 33.8 Å². The number of likely N-dealkylation sites (N-methyl/N-ethyl adjacent to an activating group) is 1.